The maximum atomic E-state index is 9.50. The van der Waals surface area contributed by atoms with Gasteiger partial charge < -0.3 is 9.84 Å². The first-order valence-corrected chi connectivity index (χ1v) is 4.16. The van der Waals surface area contributed by atoms with Crippen molar-refractivity contribution in [1.82, 2.24) is 0 Å². The number of rotatable bonds is 0. The second kappa shape index (κ2) is 3.21. The molecule has 3 heteroatoms. The quantitative estimate of drug-likeness (QED) is 0.565. The Bertz CT molecular complexity index is 275. The third kappa shape index (κ3) is 1.33. The van der Waals surface area contributed by atoms with E-state index in [2.05, 4.69) is 0 Å². The van der Waals surface area contributed by atoms with Crippen LogP contribution in [0.2, 0.25) is 0 Å². The van der Waals surface area contributed by atoms with Gasteiger partial charge in [0.05, 0.1) is 6.61 Å². The van der Waals surface area contributed by atoms with Gasteiger partial charge in [-0.1, -0.05) is 0 Å². The van der Waals surface area contributed by atoms with E-state index in [1.807, 2.05) is 29.0 Å². The van der Waals surface area contributed by atoms with Crippen LogP contribution in [0.3, 0.4) is 0 Å². The van der Waals surface area contributed by atoms with E-state index in [0.29, 0.717) is 6.61 Å². The number of aryl methyl sites for hydroxylation is 1. The van der Waals surface area contributed by atoms with Crippen molar-refractivity contribution in [2.45, 2.75) is 19.3 Å². The summed E-state index contributed by atoms with van der Waals surface area (Å²) in [5.41, 5.74) is 0.843. The number of hydrogen-bond donors (Lipinski definition) is 1. The van der Waals surface area contributed by atoms with Gasteiger partial charge in [0, 0.05) is 18.6 Å². The van der Waals surface area contributed by atoms with Gasteiger partial charge in [-0.05, 0) is 6.07 Å². The number of pyridine rings is 1. The third-order valence-electron chi connectivity index (χ3n) is 2.05. The van der Waals surface area contributed by atoms with Crippen LogP contribution in [0.1, 0.15) is 18.4 Å². The molecule has 1 aromatic rings. The van der Waals surface area contributed by atoms with Crippen LogP contribution in [0.25, 0.3) is 0 Å². The zero-order chi connectivity index (χ0) is 8.39. The van der Waals surface area contributed by atoms with Crippen LogP contribution in [0.4, 0.5) is 0 Å². The summed E-state index contributed by atoms with van der Waals surface area (Å²) >= 11 is 0. The molecule has 1 aromatic heterocycles. The second-order valence-corrected chi connectivity index (χ2v) is 2.90. The largest absolute Gasteiger partial charge is 0.360 e. The van der Waals surface area contributed by atoms with Gasteiger partial charge in [-0.2, -0.15) is 4.57 Å². The highest BCUT2D eigenvalue weighted by atomic mass is 16.6. The van der Waals surface area contributed by atoms with Crippen LogP contribution in [-0.4, -0.2) is 11.7 Å². The Morgan fingerprint density at radius 2 is 2.42 bits per heavy atom. The van der Waals surface area contributed by atoms with E-state index >= 15 is 0 Å². The van der Waals surface area contributed by atoms with E-state index in [1.165, 1.54) is 0 Å². The molecule has 0 bridgehead atoms. The van der Waals surface area contributed by atoms with Crippen molar-refractivity contribution in [2.75, 3.05) is 6.61 Å². The average Bonchev–Trinajstić information content (AvgIpc) is 2.29. The van der Waals surface area contributed by atoms with Gasteiger partial charge in [0.15, 0.2) is 12.7 Å². The van der Waals surface area contributed by atoms with Crippen LogP contribution in [-0.2, 0) is 11.3 Å². The summed E-state index contributed by atoms with van der Waals surface area (Å²) in [6.07, 6.45) is 2.17. The van der Waals surface area contributed by atoms with Crippen LogP contribution in [0.5, 0.6) is 0 Å². The predicted octanol–water partition coefficient (Wildman–Crippen LogP) is 0.385. The predicted molar refractivity (Wildman–Crippen MR) is 42.2 cm³/mol. The molecule has 3 nitrogen and oxygen atoms in total. The SMILES string of the molecule is OC1OCCC[n+]2ccccc21. The summed E-state index contributed by atoms with van der Waals surface area (Å²) in [5, 5.41) is 9.50. The summed E-state index contributed by atoms with van der Waals surface area (Å²) in [6, 6.07) is 5.75. The fraction of sp³-hybridized carbons (Fsp3) is 0.444. The molecular formula is C9H12NO2+. The number of fused-ring (bicyclic) bond motifs is 1. The number of nitrogens with zero attached hydrogens (tertiary/aromatic N) is 1. The molecule has 1 atom stereocenters. The van der Waals surface area contributed by atoms with Crippen LogP contribution >= 0.6 is 0 Å². The van der Waals surface area contributed by atoms with Gasteiger partial charge in [0.25, 0.3) is 0 Å². The molecule has 1 aliphatic heterocycles. The van der Waals surface area contributed by atoms with Crippen LogP contribution < -0.4 is 4.57 Å². The Hall–Kier alpha value is -0.930. The first kappa shape index (κ1) is 7.71. The molecule has 0 aliphatic carbocycles. The summed E-state index contributed by atoms with van der Waals surface area (Å²) < 4.78 is 7.19. The van der Waals surface area contributed by atoms with Gasteiger partial charge in [-0.25, -0.2) is 0 Å². The highest BCUT2D eigenvalue weighted by Gasteiger charge is 2.22. The minimum Gasteiger partial charge on any atom is -0.360 e. The Kier molecular flexibility index (Phi) is 2.06. The van der Waals surface area contributed by atoms with E-state index in [4.69, 9.17) is 4.74 Å². The topological polar surface area (TPSA) is 33.3 Å². The average molecular weight is 166 g/mol. The minimum atomic E-state index is -0.756. The smallest absolute Gasteiger partial charge is 0.242 e. The lowest BCUT2D eigenvalue weighted by Gasteiger charge is -2.04. The minimum absolute atomic E-state index is 0.628. The van der Waals surface area contributed by atoms with Gasteiger partial charge >= 0.3 is 0 Å². The van der Waals surface area contributed by atoms with E-state index in [0.717, 1.165) is 18.7 Å². The molecule has 0 saturated heterocycles. The molecule has 0 aromatic carbocycles. The maximum Gasteiger partial charge on any atom is 0.242 e. The van der Waals surface area contributed by atoms with Crippen molar-refractivity contribution in [2.24, 2.45) is 0 Å². The normalized spacial score (nSPS) is 22.9. The first-order chi connectivity index (χ1) is 5.88. The second-order valence-electron chi connectivity index (χ2n) is 2.90. The van der Waals surface area contributed by atoms with Gasteiger partial charge in [0.1, 0.15) is 0 Å². The molecule has 1 N–H and O–H groups in total. The number of ether oxygens (including phenoxy) is 1. The van der Waals surface area contributed by atoms with E-state index in [9.17, 15) is 5.11 Å². The maximum absolute atomic E-state index is 9.50. The number of aliphatic hydroxyl groups excluding tert-OH is 1. The van der Waals surface area contributed by atoms with Gasteiger partial charge in [0.2, 0.25) is 12.0 Å². The summed E-state index contributed by atoms with van der Waals surface area (Å²) in [7, 11) is 0. The van der Waals surface area contributed by atoms with Crippen molar-refractivity contribution in [3.63, 3.8) is 0 Å². The molecular weight excluding hydrogens is 154 g/mol. The molecule has 2 heterocycles. The summed E-state index contributed by atoms with van der Waals surface area (Å²) in [4.78, 5) is 0. The van der Waals surface area contributed by atoms with Gasteiger partial charge in [-0.15, -0.1) is 0 Å². The monoisotopic (exact) mass is 166 g/mol. The van der Waals surface area contributed by atoms with Crippen LogP contribution in [0.15, 0.2) is 24.4 Å². The molecule has 0 fully saturated rings. The van der Waals surface area contributed by atoms with Crippen LogP contribution in [0, 0.1) is 0 Å². The fourth-order valence-corrected chi connectivity index (χ4v) is 1.43. The number of hydrogen-bond acceptors (Lipinski definition) is 2. The van der Waals surface area contributed by atoms with Crippen molar-refractivity contribution >= 4 is 0 Å². The molecule has 0 amide bonds. The fourth-order valence-electron chi connectivity index (χ4n) is 1.43. The van der Waals surface area contributed by atoms with Crippen molar-refractivity contribution in [1.29, 1.82) is 0 Å². The Morgan fingerprint density at radius 1 is 1.50 bits per heavy atom. The summed E-state index contributed by atoms with van der Waals surface area (Å²) in [5.74, 6) is 0. The van der Waals surface area contributed by atoms with Gasteiger partial charge in [-0.3, -0.25) is 0 Å². The first-order valence-electron chi connectivity index (χ1n) is 4.16. The lowest BCUT2D eigenvalue weighted by atomic mass is 10.3. The lowest BCUT2D eigenvalue weighted by molar-refractivity contribution is -0.707. The standard InChI is InChI=1S/C9H12NO2/c11-9-8-4-1-2-5-10(8)6-3-7-12-9/h1-2,4-5,9,11H,3,6-7H2/q+1. The van der Waals surface area contributed by atoms with E-state index in [-0.39, 0.29) is 0 Å². The molecule has 1 aliphatic rings. The lowest BCUT2D eigenvalue weighted by Crippen LogP contribution is -2.37. The Labute approximate surface area is 71.2 Å². The molecule has 2 rings (SSSR count). The molecule has 0 spiro atoms. The highest BCUT2D eigenvalue weighted by molar-refractivity contribution is 4.98. The van der Waals surface area contributed by atoms with Crippen molar-refractivity contribution in [3.05, 3.63) is 30.1 Å². The highest BCUT2D eigenvalue weighted by Crippen LogP contribution is 2.12. The molecule has 12 heavy (non-hydrogen) atoms. The van der Waals surface area contributed by atoms with Crippen molar-refractivity contribution < 1.29 is 14.4 Å². The molecule has 64 valence electrons. The van der Waals surface area contributed by atoms with E-state index < -0.39 is 6.29 Å². The molecule has 1 unspecified atom stereocenters. The zero-order valence-corrected chi connectivity index (χ0v) is 6.81. The summed E-state index contributed by atoms with van der Waals surface area (Å²) in [6.45, 7) is 1.55. The Morgan fingerprint density at radius 3 is 3.33 bits per heavy atom. The molecule has 0 saturated carbocycles. The van der Waals surface area contributed by atoms with E-state index in [1.54, 1.807) is 0 Å². The third-order valence-corrected chi connectivity index (χ3v) is 2.05. The molecule has 0 radical (unpaired) electrons. The van der Waals surface area contributed by atoms with Crippen molar-refractivity contribution in [3.8, 4) is 0 Å². The Balaban J connectivity index is 2.39. The number of aliphatic hydroxyl groups is 1. The zero-order valence-electron chi connectivity index (χ0n) is 6.81. The number of aromatic nitrogens is 1.